The Balaban J connectivity index is 2.40. The molecule has 0 atom stereocenters. The standard InChI is InChI=1S/C10H11N3S/c1-14-10-7-3-2-4-8(7)13-9(12-10)5-6-11-13/h5-6H,2-4H2,1H3. The summed E-state index contributed by atoms with van der Waals surface area (Å²) in [6.07, 6.45) is 7.46. The summed E-state index contributed by atoms with van der Waals surface area (Å²) in [7, 11) is 0. The highest BCUT2D eigenvalue weighted by Gasteiger charge is 2.19. The summed E-state index contributed by atoms with van der Waals surface area (Å²) in [5, 5.41) is 5.50. The van der Waals surface area contributed by atoms with E-state index in [-0.39, 0.29) is 0 Å². The van der Waals surface area contributed by atoms with E-state index in [0.29, 0.717) is 0 Å². The zero-order chi connectivity index (χ0) is 9.54. The summed E-state index contributed by atoms with van der Waals surface area (Å²) in [6.45, 7) is 0. The van der Waals surface area contributed by atoms with Crippen molar-refractivity contribution in [1.29, 1.82) is 0 Å². The average Bonchev–Trinajstić information content (AvgIpc) is 2.83. The summed E-state index contributed by atoms with van der Waals surface area (Å²) in [4.78, 5) is 4.59. The summed E-state index contributed by atoms with van der Waals surface area (Å²) in [5.41, 5.74) is 3.76. The van der Waals surface area contributed by atoms with Crippen molar-refractivity contribution in [2.24, 2.45) is 0 Å². The number of fused-ring (bicyclic) bond motifs is 3. The molecule has 2 aromatic rings. The van der Waals surface area contributed by atoms with Crippen molar-refractivity contribution in [3.05, 3.63) is 23.5 Å². The van der Waals surface area contributed by atoms with E-state index < -0.39 is 0 Å². The molecular formula is C10H11N3S. The van der Waals surface area contributed by atoms with Crippen LogP contribution in [0.5, 0.6) is 0 Å². The molecule has 0 radical (unpaired) electrons. The van der Waals surface area contributed by atoms with Gasteiger partial charge >= 0.3 is 0 Å². The minimum atomic E-state index is 0.981. The molecule has 1 aliphatic rings. The monoisotopic (exact) mass is 205 g/mol. The van der Waals surface area contributed by atoms with Crippen LogP contribution in [0, 0.1) is 0 Å². The fourth-order valence-electron chi connectivity index (χ4n) is 2.12. The lowest BCUT2D eigenvalue weighted by molar-refractivity contribution is 0.831. The lowest BCUT2D eigenvalue weighted by Gasteiger charge is -2.06. The zero-order valence-corrected chi connectivity index (χ0v) is 8.84. The lowest BCUT2D eigenvalue weighted by atomic mass is 10.3. The number of aryl methyl sites for hydroxylation is 1. The topological polar surface area (TPSA) is 30.2 Å². The van der Waals surface area contributed by atoms with Crippen LogP contribution in [-0.4, -0.2) is 20.9 Å². The summed E-state index contributed by atoms with van der Waals surface area (Å²) in [5.74, 6) is 0. The molecule has 14 heavy (non-hydrogen) atoms. The first kappa shape index (κ1) is 8.29. The van der Waals surface area contributed by atoms with E-state index in [9.17, 15) is 0 Å². The molecule has 0 spiro atoms. The molecule has 0 fully saturated rings. The van der Waals surface area contributed by atoms with Gasteiger partial charge in [0, 0.05) is 11.6 Å². The molecular weight excluding hydrogens is 194 g/mol. The molecule has 1 aliphatic carbocycles. The number of hydrogen-bond donors (Lipinski definition) is 0. The number of thioether (sulfide) groups is 1. The highest BCUT2D eigenvalue weighted by Crippen LogP contribution is 2.29. The third-order valence-electron chi connectivity index (χ3n) is 2.73. The summed E-state index contributed by atoms with van der Waals surface area (Å²) < 4.78 is 1.99. The van der Waals surface area contributed by atoms with Gasteiger partial charge in [0.15, 0.2) is 5.65 Å². The molecule has 0 bridgehead atoms. The van der Waals surface area contributed by atoms with Crippen molar-refractivity contribution in [3.8, 4) is 0 Å². The van der Waals surface area contributed by atoms with Crippen LogP contribution in [0.1, 0.15) is 17.7 Å². The Bertz CT molecular complexity index is 489. The Morgan fingerprint density at radius 1 is 1.43 bits per heavy atom. The van der Waals surface area contributed by atoms with Gasteiger partial charge in [-0.15, -0.1) is 11.8 Å². The SMILES string of the molecule is CSc1nc2ccnn2c2c1CCC2. The smallest absolute Gasteiger partial charge is 0.156 e. The molecule has 0 aromatic carbocycles. The van der Waals surface area contributed by atoms with E-state index in [4.69, 9.17) is 0 Å². The molecule has 3 nitrogen and oxygen atoms in total. The molecule has 0 N–H and O–H groups in total. The maximum atomic E-state index is 4.59. The third kappa shape index (κ3) is 1.00. The van der Waals surface area contributed by atoms with Gasteiger partial charge in [-0.05, 0) is 25.5 Å². The highest BCUT2D eigenvalue weighted by atomic mass is 32.2. The predicted octanol–water partition coefficient (Wildman–Crippen LogP) is 1.94. The lowest BCUT2D eigenvalue weighted by Crippen LogP contribution is -2.01. The van der Waals surface area contributed by atoms with E-state index in [1.807, 2.05) is 16.8 Å². The molecule has 0 aliphatic heterocycles. The van der Waals surface area contributed by atoms with Crippen molar-refractivity contribution in [2.45, 2.75) is 24.3 Å². The molecule has 2 aromatic heterocycles. The normalized spacial score (nSPS) is 14.9. The molecule has 0 saturated heterocycles. The van der Waals surface area contributed by atoms with Gasteiger partial charge < -0.3 is 0 Å². The first-order valence-corrected chi connectivity index (χ1v) is 6.02. The Kier molecular flexibility index (Phi) is 1.77. The maximum Gasteiger partial charge on any atom is 0.156 e. The van der Waals surface area contributed by atoms with Crippen LogP contribution < -0.4 is 0 Å². The Labute approximate surface area is 86.5 Å². The summed E-state index contributed by atoms with van der Waals surface area (Å²) >= 11 is 1.74. The van der Waals surface area contributed by atoms with Gasteiger partial charge in [-0.2, -0.15) is 5.10 Å². The van der Waals surface area contributed by atoms with E-state index in [1.165, 1.54) is 22.7 Å². The van der Waals surface area contributed by atoms with Gasteiger partial charge in [0.2, 0.25) is 0 Å². The minimum Gasteiger partial charge on any atom is -0.222 e. The third-order valence-corrected chi connectivity index (χ3v) is 3.46. The quantitative estimate of drug-likeness (QED) is 0.526. The van der Waals surface area contributed by atoms with Crippen LogP contribution >= 0.6 is 11.8 Å². The van der Waals surface area contributed by atoms with Crippen LogP contribution in [0.25, 0.3) is 5.65 Å². The molecule has 0 amide bonds. The van der Waals surface area contributed by atoms with Crippen LogP contribution in [-0.2, 0) is 12.8 Å². The van der Waals surface area contributed by atoms with Crippen LogP contribution in [0.2, 0.25) is 0 Å². The second-order valence-corrected chi connectivity index (χ2v) is 4.30. The fraction of sp³-hybridized carbons (Fsp3) is 0.400. The fourth-order valence-corrected chi connectivity index (χ4v) is 2.77. The van der Waals surface area contributed by atoms with Gasteiger partial charge in [0.05, 0.1) is 11.9 Å². The van der Waals surface area contributed by atoms with E-state index in [2.05, 4.69) is 16.3 Å². The summed E-state index contributed by atoms with van der Waals surface area (Å²) in [6, 6.07) is 1.97. The van der Waals surface area contributed by atoms with Crippen molar-refractivity contribution in [2.75, 3.05) is 6.26 Å². The Morgan fingerprint density at radius 2 is 2.36 bits per heavy atom. The predicted molar refractivity (Wildman–Crippen MR) is 56.8 cm³/mol. The van der Waals surface area contributed by atoms with Crippen LogP contribution in [0.15, 0.2) is 17.3 Å². The Morgan fingerprint density at radius 3 is 3.21 bits per heavy atom. The molecule has 4 heteroatoms. The second kappa shape index (κ2) is 2.98. The first-order chi connectivity index (χ1) is 6.90. The first-order valence-electron chi connectivity index (χ1n) is 4.79. The average molecular weight is 205 g/mol. The van der Waals surface area contributed by atoms with Gasteiger partial charge in [-0.25, -0.2) is 9.50 Å². The van der Waals surface area contributed by atoms with Gasteiger partial charge in [-0.1, -0.05) is 0 Å². The van der Waals surface area contributed by atoms with Crippen molar-refractivity contribution in [1.82, 2.24) is 14.6 Å². The van der Waals surface area contributed by atoms with Crippen LogP contribution in [0.4, 0.5) is 0 Å². The Hall–Kier alpha value is -1.03. The molecule has 2 heterocycles. The van der Waals surface area contributed by atoms with Crippen molar-refractivity contribution in [3.63, 3.8) is 0 Å². The van der Waals surface area contributed by atoms with Crippen molar-refractivity contribution < 1.29 is 0 Å². The molecule has 0 unspecified atom stereocenters. The van der Waals surface area contributed by atoms with Gasteiger partial charge in [-0.3, -0.25) is 0 Å². The second-order valence-electron chi connectivity index (χ2n) is 3.50. The number of aromatic nitrogens is 3. The van der Waals surface area contributed by atoms with Gasteiger partial charge in [0.25, 0.3) is 0 Å². The molecule has 72 valence electrons. The molecule has 0 saturated carbocycles. The van der Waals surface area contributed by atoms with Crippen LogP contribution in [0.3, 0.4) is 0 Å². The highest BCUT2D eigenvalue weighted by molar-refractivity contribution is 7.98. The number of nitrogens with zero attached hydrogens (tertiary/aromatic N) is 3. The maximum absolute atomic E-state index is 4.59. The zero-order valence-electron chi connectivity index (χ0n) is 8.03. The van der Waals surface area contributed by atoms with E-state index in [0.717, 1.165) is 18.5 Å². The minimum absolute atomic E-state index is 0.981. The van der Waals surface area contributed by atoms with E-state index in [1.54, 1.807) is 11.8 Å². The molecule has 3 rings (SSSR count). The van der Waals surface area contributed by atoms with Gasteiger partial charge in [0.1, 0.15) is 5.03 Å². The number of rotatable bonds is 1. The number of hydrogen-bond acceptors (Lipinski definition) is 3. The van der Waals surface area contributed by atoms with Crippen molar-refractivity contribution >= 4 is 17.4 Å². The van der Waals surface area contributed by atoms with E-state index >= 15 is 0 Å². The largest absolute Gasteiger partial charge is 0.222 e.